The molecule has 0 heterocycles. The molecule has 0 aromatic rings. The van der Waals surface area contributed by atoms with Crippen molar-refractivity contribution in [2.24, 2.45) is 0 Å². The van der Waals surface area contributed by atoms with Crippen LogP contribution in [0.2, 0.25) is 0 Å². The van der Waals surface area contributed by atoms with Gasteiger partial charge in [0.2, 0.25) is 0 Å². The van der Waals surface area contributed by atoms with Crippen molar-refractivity contribution < 1.29 is 25.2 Å². The van der Waals surface area contributed by atoms with Gasteiger partial charge in [-0.05, 0) is 26.7 Å². The predicted octanol–water partition coefficient (Wildman–Crippen LogP) is -0.294. The van der Waals surface area contributed by atoms with Crippen molar-refractivity contribution in [3.8, 4) is 0 Å². The first-order valence-electron chi connectivity index (χ1n) is 5.13. The lowest BCUT2D eigenvalue weighted by atomic mass is 9.96. The lowest BCUT2D eigenvalue weighted by Crippen LogP contribution is -2.38. The summed E-state index contributed by atoms with van der Waals surface area (Å²) in [5, 5.41) is 38.0. The average Bonchev–Trinajstić information content (AvgIpc) is 2.15. The fraction of sp³-hybridized carbons (Fsp3) is 1.00. The molecular formula is C10H21O5. The molecule has 0 aromatic carbocycles. The average molecular weight is 221 g/mol. The second-order valence-corrected chi connectivity index (χ2v) is 4.10. The molecule has 0 fully saturated rings. The maximum atomic E-state index is 11.7. The monoisotopic (exact) mass is 221 g/mol. The summed E-state index contributed by atoms with van der Waals surface area (Å²) in [6, 6.07) is 0. The Hall–Kier alpha value is -0.200. The molecule has 0 rings (SSSR count). The fourth-order valence-electron chi connectivity index (χ4n) is 1.26. The molecule has 2 unspecified atom stereocenters. The van der Waals surface area contributed by atoms with E-state index in [0.29, 0.717) is 12.8 Å². The maximum absolute atomic E-state index is 11.7. The summed E-state index contributed by atoms with van der Waals surface area (Å²) >= 11 is 0. The van der Waals surface area contributed by atoms with Crippen LogP contribution in [-0.2, 0) is 9.84 Å². The molecule has 0 aliphatic carbocycles. The summed E-state index contributed by atoms with van der Waals surface area (Å²) in [4.78, 5) is 0. The normalized spacial score (nSPS) is 16.4. The molecule has 0 saturated carbocycles. The molecule has 5 nitrogen and oxygen atoms in total. The summed E-state index contributed by atoms with van der Waals surface area (Å²) in [5.41, 5.74) is -1.27. The van der Waals surface area contributed by atoms with Gasteiger partial charge in [-0.15, -0.1) is 0 Å². The van der Waals surface area contributed by atoms with E-state index in [4.69, 9.17) is 20.1 Å². The highest BCUT2D eigenvalue weighted by atomic mass is 16.5. The Labute approximate surface area is 90.3 Å². The standard InChI is InChI=1S/C10H21O5/c1-10(2,14)9(15-6-5-11)4-3-8(13)7-12/h8-9,11-13H,3-7H2,1-2H3. The van der Waals surface area contributed by atoms with Crippen molar-refractivity contribution in [1.82, 2.24) is 0 Å². The first kappa shape index (κ1) is 14.8. The highest BCUT2D eigenvalue weighted by Crippen LogP contribution is 2.19. The van der Waals surface area contributed by atoms with E-state index >= 15 is 0 Å². The number of ether oxygens (including phenoxy) is 1. The van der Waals surface area contributed by atoms with Crippen LogP contribution in [0.3, 0.4) is 0 Å². The molecule has 0 spiro atoms. The fourth-order valence-corrected chi connectivity index (χ4v) is 1.26. The highest BCUT2D eigenvalue weighted by Gasteiger charge is 2.29. The zero-order chi connectivity index (χ0) is 11.9. The lowest BCUT2D eigenvalue weighted by molar-refractivity contribution is -0.133. The number of hydrogen-bond donors (Lipinski definition) is 3. The smallest absolute Gasteiger partial charge is 0.124 e. The number of rotatable bonds is 8. The van der Waals surface area contributed by atoms with E-state index in [1.807, 2.05) is 0 Å². The summed E-state index contributed by atoms with van der Waals surface area (Å²) < 4.78 is 5.20. The van der Waals surface area contributed by atoms with Gasteiger partial charge in [0.05, 0.1) is 32.0 Å². The summed E-state index contributed by atoms with van der Waals surface area (Å²) in [6.07, 6.45) is -0.685. The molecule has 3 N–H and O–H groups in total. The van der Waals surface area contributed by atoms with Crippen LogP contribution in [0, 0.1) is 0 Å². The van der Waals surface area contributed by atoms with E-state index in [1.54, 1.807) is 0 Å². The molecule has 1 radical (unpaired) electrons. The topological polar surface area (TPSA) is 89.8 Å². The highest BCUT2D eigenvalue weighted by molar-refractivity contribution is 4.78. The molecule has 15 heavy (non-hydrogen) atoms. The van der Waals surface area contributed by atoms with Gasteiger partial charge in [0, 0.05) is 0 Å². The van der Waals surface area contributed by atoms with Crippen LogP contribution in [0.1, 0.15) is 26.7 Å². The van der Waals surface area contributed by atoms with E-state index in [0.717, 1.165) is 0 Å². The van der Waals surface area contributed by atoms with Gasteiger partial charge >= 0.3 is 0 Å². The van der Waals surface area contributed by atoms with Gasteiger partial charge in [-0.1, -0.05) is 0 Å². The third-order valence-electron chi connectivity index (χ3n) is 2.16. The minimum atomic E-state index is -1.27. The molecule has 0 amide bonds. The quantitative estimate of drug-likeness (QED) is 0.525. The van der Waals surface area contributed by atoms with Crippen molar-refractivity contribution in [3.05, 3.63) is 0 Å². The van der Waals surface area contributed by atoms with Crippen LogP contribution in [-0.4, -0.2) is 52.9 Å². The van der Waals surface area contributed by atoms with E-state index < -0.39 is 17.8 Å². The van der Waals surface area contributed by atoms with Crippen molar-refractivity contribution in [2.45, 2.75) is 44.5 Å². The van der Waals surface area contributed by atoms with Crippen molar-refractivity contribution in [2.75, 3.05) is 19.8 Å². The molecular weight excluding hydrogens is 200 g/mol. The van der Waals surface area contributed by atoms with Crippen LogP contribution < -0.4 is 0 Å². The molecule has 0 bridgehead atoms. The number of hydrogen-bond acceptors (Lipinski definition) is 4. The van der Waals surface area contributed by atoms with Gasteiger partial charge in [-0.25, -0.2) is 5.11 Å². The van der Waals surface area contributed by atoms with Crippen molar-refractivity contribution in [1.29, 1.82) is 0 Å². The van der Waals surface area contributed by atoms with Crippen LogP contribution in [0.15, 0.2) is 0 Å². The SMILES string of the molecule is CC(C)([O])C(CCC(O)CO)OCCO. The number of aliphatic hydroxyl groups excluding tert-OH is 3. The molecule has 0 aliphatic rings. The minimum Gasteiger partial charge on any atom is -0.394 e. The first-order valence-corrected chi connectivity index (χ1v) is 5.13. The Kier molecular flexibility index (Phi) is 7.04. The van der Waals surface area contributed by atoms with Gasteiger partial charge in [0.15, 0.2) is 0 Å². The van der Waals surface area contributed by atoms with Crippen LogP contribution in [0.5, 0.6) is 0 Å². The summed E-state index contributed by atoms with van der Waals surface area (Å²) in [6.45, 7) is 2.67. The van der Waals surface area contributed by atoms with Crippen molar-refractivity contribution >= 4 is 0 Å². The predicted molar refractivity (Wildman–Crippen MR) is 53.9 cm³/mol. The first-order chi connectivity index (χ1) is 6.91. The second kappa shape index (κ2) is 7.14. The Morgan fingerprint density at radius 1 is 1.27 bits per heavy atom. The zero-order valence-electron chi connectivity index (χ0n) is 9.35. The van der Waals surface area contributed by atoms with E-state index in [-0.39, 0.29) is 19.8 Å². The summed E-state index contributed by atoms with van der Waals surface area (Å²) in [7, 11) is 0. The van der Waals surface area contributed by atoms with Crippen LogP contribution in [0.25, 0.3) is 0 Å². The lowest BCUT2D eigenvalue weighted by Gasteiger charge is -2.27. The Bertz CT molecular complexity index is 154. The Morgan fingerprint density at radius 3 is 2.27 bits per heavy atom. The molecule has 5 heteroatoms. The molecule has 0 aliphatic heterocycles. The van der Waals surface area contributed by atoms with Gasteiger partial charge in [0.1, 0.15) is 5.60 Å². The van der Waals surface area contributed by atoms with E-state index in [9.17, 15) is 5.11 Å². The maximum Gasteiger partial charge on any atom is 0.124 e. The molecule has 0 aromatic heterocycles. The van der Waals surface area contributed by atoms with E-state index in [2.05, 4.69) is 0 Å². The number of aliphatic hydroxyl groups is 3. The Balaban J connectivity index is 4.02. The van der Waals surface area contributed by atoms with Crippen LogP contribution >= 0.6 is 0 Å². The Morgan fingerprint density at radius 2 is 1.87 bits per heavy atom. The van der Waals surface area contributed by atoms with E-state index in [1.165, 1.54) is 13.8 Å². The second-order valence-electron chi connectivity index (χ2n) is 4.10. The van der Waals surface area contributed by atoms with Gasteiger partial charge in [-0.2, -0.15) is 0 Å². The van der Waals surface area contributed by atoms with Gasteiger partial charge in [0.25, 0.3) is 0 Å². The molecule has 91 valence electrons. The molecule has 2 atom stereocenters. The molecule has 0 saturated heterocycles. The largest absolute Gasteiger partial charge is 0.394 e. The van der Waals surface area contributed by atoms with Crippen molar-refractivity contribution in [3.63, 3.8) is 0 Å². The minimum absolute atomic E-state index is 0.117. The zero-order valence-corrected chi connectivity index (χ0v) is 9.35. The third-order valence-corrected chi connectivity index (χ3v) is 2.16. The van der Waals surface area contributed by atoms with Crippen LogP contribution in [0.4, 0.5) is 0 Å². The summed E-state index contributed by atoms with van der Waals surface area (Å²) in [5.74, 6) is 0. The third kappa shape index (κ3) is 6.81. The van der Waals surface area contributed by atoms with Gasteiger partial charge < -0.3 is 20.1 Å². The van der Waals surface area contributed by atoms with Gasteiger partial charge in [-0.3, -0.25) is 0 Å².